The molecule has 0 spiro atoms. The first kappa shape index (κ1) is 20.2. The third-order valence-electron chi connectivity index (χ3n) is 4.81. The van der Waals surface area contributed by atoms with Crippen molar-refractivity contribution in [2.45, 2.75) is 55.9 Å². The van der Waals surface area contributed by atoms with Crippen LogP contribution in [0.15, 0.2) is 23.1 Å². The van der Waals surface area contributed by atoms with Gasteiger partial charge in [0.1, 0.15) is 0 Å². The highest BCUT2D eigenvalue weighted by molar-refractivity contribution is 8.00. The minimum Gasteiger partial charge on any atom is -0.366 e. The second-order valence-electron chi connectivity index (χ2n) is 6.60. The first-order valence-corrected chi connectivity index (χ1v) is 9.85. The molecule has 1 aliphatic rings. The second-order valence-corrected chi connectivity index (χ2v) is 7.61. The molecule has 0 atom stereocenters. The Kier molecular flexibility index (Phi) is 7.44. The van der Waals surface area contributed by atoms with Gasteiger partial charge < -0.3 is 10.6 Å². The van der Waals surface area contributed by atoms with Crippen LogP contribution in [0, 0.1) is 10.1 Å². The van der Waals surface area contributed by atoms with Gasteiger partial charge in [-0.05, 0) is 25.0 Å². The smallest absolute Gasteiger partial charge is 0.283 e. The minimum absolute atomic E-state index is 0.0335. The van der Waals surface area contributed by atoms with E-state index in [0.717, 1.165) is 43.5 Å². The van der Waals surface area contributed by atoms with E-state index in [1.54, 1.807) is 4.90 Å². The Morgan fingerprint density at radius 1 is 1.23 bits per heavy atom. The Morgan fingerprint density at radius 2 is 1.85 bits per heavy atom. The van der Waals surface area contributed by atoms with Gasteiger partial charge in [-0.3, -0.25) is 19.7 Å². The number of thioether (sulfide) groups is 1. The molecule has 0 radical (unpaired) electrons. The lowest BCUT2D eigenvalue weighted by molar-refractivity contribution is -0.387. The number of nitrogens with zero attached hydrogens (tertiary/aromatic N) is 2. The van der Waals surface area contributed by atoms with Crippen molar-refractivity contribution in [2.24, 2.45) is 5.73 Å². The predicted molar refractivity (Wildman–Crippen MR) is 101 cm³/mol. The maximum absolute atomic E-state index is 12.5. The van der Waals surface area contributed by atoms with Crippen LogP contribution < -0.4 is 5.73 Å². The molecule has 0 unspecified atom stereocenters. The summed E-state index contributed by atoms with van der Waals surface area (Å²) in [6.07, 6.45) is 7.99. The van der Waals surface area contributed by atoms with Crippen LogP contribution in [0.3, 0.4) is 0 Å². The topological polar surface area (TPSA) is 107 Å². The van der Waals surface area contributed by atoms with Gasteiger partial charge in [-0.1, -0.05) is 32.1 Å². The number of carbonyl (C=O) groups is 2. The van der Waals surface area contributed by atoms with Crippen molar-refractivity contribution in [1.82, 2.24) is 4.90 Å². The summed E-state index contributed by atoms with van der Waals surface area (Å²) in [5, 5.41) is 11.2. The monoisotopic (exact) mass is 379 g/mol. The zero-order valence-electron chi connectivity index (χ0n) is 15.0. The summed E-state index contributed by atoms with van der Waals surface area (Å²) in [4.78, 5) is 36.6. The molecule has 1 saturated carbocycles. The first-order valence-electron chi connectivity index (χ1n) is 8.87. The van der Waals surface area contributed by atoms with Crippen LogP contribution in [0.5, 0.6) is 0 Å². The lowest BCUT2D eigenvalue weighted by atomic mass is 9.96. The summed E-state index contributed by atoms with van der Waals surface area (Å²) >= 11 is 1.12. The van der Waals surface area contributed by atoms with E-state index in [9.17, 15) is 19.7 Å². The average molecular weight is 379 g/mol. The van der Waals surface area contributed by atoms with Crippen molar-refractivity contribution < 1.29 is 14.5 Å². The molecule has 2 rings (SSSR count). The van der Waals surface area contributed by atoms with Crippen LogP contribution in [-0.2, 0) is 4.79 Å². The lowest BCUT2D eigenvalue weighted by Crippen LogP contribution is -2.38. The van der Waals surface area contributed by atoms with Gasteiger partial charge in [0.2, 0.25) is 11.8 Å². The van der Waals surface area contributed by atoms with Crippen LogP contribution in [0.1, 0.15) is 55.3 Å². The van der Waals surface area contributed by atoms with Crippen molar-refractivity contribution in [1.29, 1.82) is 0 Å². The number of hydrogen-bond donors (Lipinski definition) is 1. The number of primary amides is 1. The molecule has 0 heterocycles. The van der Waals surface area contributed by atoms with Crippen LogP contribution in [0.2, 0.25) is 0 Å². The third-order valence-corrected chi connectivity index (χ3v) is 5.85. The molecule has 0 aliphatic heterocycles. The highest BCUT2D eigenvalue weighted by Gasteiger charge is 2.22. The van der Waals surface area contributed by atoms with Crippen molar-refractivity contribution in [2.75, 3.05) is 12.8 Å². The fraction of sp³-hybridized carbons (Fsp3) is 0.556. The summed E-state index contributed by atoms with van der Waals surface area (Å²) < 4.78 is 0. The van der Waals surface area contributed by atoms with E-state index < -0.39 is 10.8 Å². The second kappa shape index (κ2) is 9.56. The average Bonchev–Trinajstić information content (AvgIpc) is 2.58. The van der Waals surface area contributed by atoms with Crippen molar-refractivity contribution >= 4 is 29.3 Å². The molecule has 1 aliphatic carbocycles. The lowest BCUT2D eigenvalue weighted by Gasteiger charge is -2.29. The molecule has 0 aromatic heterocycles. The molecule has 8 heteroatoms. The Hall–Kier alpha value is -2.09. The van der Waals surface area contributed by atoms with E-state index in [0.29, 0.717) is 4.90 Å². The van der Waals surface area contributed by atoms with E-state index >= 15 is 0 Å². The zero-order chi connectivity index (χ0) is 19.1. The summed E-state index contributed by atoms with van der Waals surface area (Å²) in [7, 11) is 1.82. The van der Waals surface area contributed by atoms with E-state index in [1.165, 1.54) is 31.4 Å². The SMILES string of the molecule is CN(C(=O)CSc1ccc(C(N)=O)cc1[N+](=O)[O-])C1CCCCCCC1. The molecule has 142 valence electrons. The molecule has 2 amide bonds. The van der Waals surface area contributed by atoms with Gasteiger partial charge in [-0.25, -0.2) is 0 Å². The number of nitro groups is 1. The molecule has 7 nitrogen and oxygen atoms in total. The number of nitrogens with two attached hydrogens (primary N) is 1. The Bertz CT molecular complexity index is 672. The number of hydrogen-bond acceptors (Lipinski definition) is 5. The number of nitro benzene ring substituents is 1. The highest BCUT2D eigenvalue weighted by atomic mass is 32.2. The number of benzene rings is 1. The zero-order valence-corrected chi connectivity index (χ0v) is 15.8. The third kappa shape index (κ3) is 5.45. The molecular weight excluding hydrogens is 354 g/mol. The maximum Gasteiger partial charge on any atom is 0.283 e. The van der Waals surface area contributed by atoms with Gasteiger partial charge in [-0.2, -0.15) is 0 Å². The van der Waals surface area contributed by atoms with E-state index in [-0.39, 0.29) is 29.0 Å². The Morgan fingerprint density at radius 3 is 2.42 bits per heavy atom. The molecular formula is C18H25N3O4S. The van der Waals surface area contributed by atoms with Crippen molar-refractivity contribution in [3.63, 3.8) is 0 Å². The number of amides is 2. The van der Waals surface area contributed by atoms with Gasteiger partial charge in [0.25, 0.3) is 5.69 Å². The molecule has 26 heavy (non-hydrogen) atoms. The largest absolute Gasteiger partial charge is 0.366 e. The Labute approximate surface area is 157 Å². The van der Waals surface area contributed by atoms with Crippen LogP contribution in [0.25, 0.3) is 0 Å². The van der Waals surface area contributed by atoms with Crippen LogP contribution in [-0.4, -0.2) is 40.5 Å². The molecule has 1 fully saturated rings. The van der Waals surface area contributed by atoms with E-state index in [1.807, 2.05) is 7.05 Å². The van der Waals surface area contributed by atoms with Gasteiger partial charge in [0.15, 0.2) is 0 Å². The van der Waals surface area contributed by atoms with E-state index in [4.69, 9.17) is 5.73 Å². The van der Waals surface area contributed by atoms with Gasteiger partial charge in [0, 0.05) is 24.7 Å². The van der Waals surface area contributed by atoms with Gasteiger partial charge in [0.05, 0.1) is 15.6 Å². The normalized spacial score (nSPS) is 15.7. The van der Waals surface area contributed by atoms with Crippen LogP contribution >= 0.6 is 11.8 Å². The highest BCUT2D eigenvalue weighted by Crippen LogP contribution is 2.30. The van der Waals surface area contributed by atoms with E-state index in [2.05, 4.69) is 0 Å². The van der Waals surface area contributed by atoms with Crippen LogP contribution in [0.4, 0.5) is 5.69 Å². The fourth-order valence-corrected chi connectivity index (χ4v) is 4.13. The fourth-order valence-electron chi connectivity index (χ4n) is 3.20. The number of rotatable bonds is 6. The number of carbonyl (C=O) groups excluding carboxylic acids is 2. The summed E-state index contributed by atoms with van der Waals surface area (Å²) in [6, 6.07) is 4.33. The Balaban J connectivity index is 2.01. The predicted octanol–water partition coefficient (Wildman–Crippen LogP) is 3.36. The summed E-state index contributed by atoms with van der Waals surface area (Å²) in [6.45, 7) is 0. The molecule has 1 aromatic rings. The van der Waals surface area contributed by atoms with Gasteiger partial charge in [-0.15, -0.1) is 11.8 Å². The maximum atomic E-state index is 12.5. The summed E-state index contributed by atoms with van der Waals surface area (Å²) in [5.74, 6) is -0.623. The first-order chi connectivity index (χ1) is 12.4. The molecule has 2 N–H and O–H groups in total. The quantitative estimate of drug-likeness (QED) is 0.463. The minimum atomic E-state index is -0.718. The molecule has 0 bridgehead atoms. The molecule has 0 saturated heterocycles. The van der Waals surface area contributed by atoms with Crippen molar-refractivity contribution in [3.05, 3.63) is 33.9 Å². The standard InChI is InChI=1S/C18H25N3O4S/c1-20(14-7-5-3-2-4-6-8-14)17(22)12-26-16-10-9-13(18(19)23)11-15(16)21(24)25/h9-11,14H,2-8,12H2,1H3,(H2,19,23). The van der Waals surface area contributed by atoms with Crippen molar-refractivity contribution in [3.8, 4) is 0 Å². The molecule has 1 aromatic carbocycles. The summed E-state index contributed by atoms with van der Waals surface area (Å²) in [5.41, 5.74) is 5.05. The van der Waals surface area contributed by atoms with Gasteiger partial charge >= 0.3 is 0 Å².